The Morgan fingerprint density at radius 1 is 1.24 bits per heavy atom. The molecule has 0 bridgehead atoms. The monoisotopic (exact) mass is 345 g/mol. The molecular weight excluding hydrogens is 330 g/mol. The van der Waals surface area contributed by atoms with Crippen LogP contribution in [0.5, 0.6) is 0 Å². The molecule has 3 rings (SSSR count). The number of benzene rings is 1. The molecule has 114 valence electrons. The minimum atomic E-state index is -3.77. The molecule has 0 saturated carbocycles. The fraction of sp³-hybridized carbons (Fsp3) is 0.462. The Bertz CT molecular complexity index is 641. The molecule has 0 aromatic heterocycles. The molecule has 1 aromatic rings. The Balaban J connectivity index is 1.97. The highest BCUT2D eigenvalue weighted by molar-refractivity contribution is 8.21. The Hall–Kier alpha value is -0.700. The van der Waals surface area contributed by atoms with Crippen LogP contribution in [0.15, 0.2) is 35.2 Å². The van der Waals surface area contributed by atoms with Crippen molar-refractivity contribution in [1.82, 2.24) is 4.31 Å². The molecule has 2 aliphatic rings. The highest BCUT2D eigenvalue weighted by Crippen LogP contribution is 2.52. The van der Waals surface area contributed by atoms with Crippen LogP contribution in [0.25, 0.3) is 0 Å². The minimum absolute atomic E-state index is 0.154. The fourth-order valence-corrected chi connectivity index (χ4v) is 7.79. The van der Waals surface area contributed by atoms with Gasteiger partial charge in [0.2, 0.25) is 10.0 Å². The zero-order valence-corrected chi connectivity index (χ0v) is 13.6. The lowest BCUT2D eigenvalue weighted by molar-refractivity contribution is -0.140. The van der Waals surface area contributed by atoms with Crippen LogP contribution < -0.4 is 0 Å². The summed E-state index contributed by atoms with van der Waals surface area (Å²) in [5.41, 5.74) is 0. The van der Waals surface area contributed by atoms with E-state index in [-0.39, 0.29) is 15.5 Å². The highest BCUT2D eigenvalue weighted by Gasteiger charge is 2.53. The van der Waals surface area contributed by atoms with Crippen molar-refractivity contribution in [3.63, 3.8) is 0 Å². The van der Waals surface area contributed by atoms with E-state index in [2.05, 4.69) is 0 Å². The number of hydrogen-bond acceptors (Lipinski definition) is 5. The van der Waals surface area contributed by atoms with Gasteiger partial charge in [0.1, 0.15) is 6.04 Å². The molecule has 0 radical (unpaired) electrons. The standard InChI is InChI=1S/C13H15NO4S3/c15-12(16)11-8-13(19-6-7-20-13)9-14(11)21(17,18)10-4-2-1-3-5-10/h1-5,11H,6-9H2,(H,15,16)/t11-/m0/s1. The van der Waals surface area contributed by atoms with E-state index in [0.717, 1.165) is 15.8 Å². The van der Waals surface area contributed by atoms with Gasteiger partial charge in [-0.2, -0.15) is 4.31 Å². The third kappa shape index (κ3) is 2.69. The lowest BCUT2D eigenvalue weighted by Gasteiger charge is -2.22. The molecule has 21 heavy (non-hydrogen) atoms. The largest absolute Gasteiger partial charge is 0.480 e. The van der Waals surface area contributed by atoms with Crippen LogP contribution in [0.2, 0.25) is 0 Å². The third-order valence-electron chi connectivity index (χ3n) is 3.70. The number of carboxylic acids is 1. The number of carbonyl (C=O) groups is 1. The number of sulfonamides is 1. The summed E-state index contributed by atoms with van der Waals surface area (Å²) in [6.07, 6.45) is 0.365. The first kappa shape index (κ1) is 15.2. The second-order valence-corrected chi connectivity index (χ2v) is 10.1. The maximum atomic E-state index is 12.7. The maximum absolute atomic E-state index is 12.7. The van der Waals surface area contributed by atoms with Gasteiger partial charge in [0.15, 0.2) is 0 Å². The van der Waals surface area contributed by atoms with Gasteiger partial charge < -0.3 is 5.11 Å². The van der Waals surface area contributed by atoms with E-state index in [1.165, 1.54) is 12.1 Å². The molecule has 1 aromatic carbocycles. The van der Waals surface area contributed by atoms with E-state index < -0.39 is 22.0 Å². The molecule has 0 unspecified atom stereocenters. The topological polar surface area (TPSA) is 74.7 Å². The first-order valence-corrected chi connectivity index (χ1v) is 9.93. The second-order valence-electron chi connectivity index (χ2n) is 5.03. The summed E-state index contributed by atoms with van der Waals surface area (Å²) in [5, 5.41) is 9.41. The van der Waals surface area contributed by atoms with Gasteiger partial charge in [-0.25, -0.2) is 8.42 Å². The molecule has 2 heterocycles. The van der Waals surface area contributed by atoms with Crippen LogP contribution in [0.3, 0.4) is 0 Å². The van der Waals surface area contributed by atoms with Crippen molar-refractivity contribution < 1.29 is 18.3 Å². The van der Waals surface area contributed by atoms with Crippen molar-refractivity contribution in [2.24, 2.45) is 0 Å². The van der Waals surface area contributed by atoms with Crippen molar-refractivity contribution in [3.8, 4) is 0 Å². The molecule has 1 N–H and O–H groups in total. The van der Waals surface area contributed by atoms with E-state index in [0.29, 0.717) is 6.42 Å². The van der Waals surface area contributed by atoms with E-state index in [9.17, 15) is 18.3 Å². The van der Waals surface area contributed by atoms with Gasteiger partial charge in [-0.1, -0.05) is 18.2 Å². The Morgan fingerprint density at radius 3 is 2.43 bits per heavy atom. The highest BCUT2D eigenvalue weighted by atomic mass is 32.2. The predicted octanol–water partition coefficient (Wildman–Crippen LogP) is 1.71. The van der Waals surface area contributed by atoms with Gasteiger partial charge in [0.25, 0.3) is 0 Å². The average Bonchev–Trinajstić information content (AvgIpc) is 3.08. The smallest absolute Gasteiger partial charge is 0.322 e. The van der Waals surface area contributed by atoms with Crippen molar-refractivity contribution in [2.45, 2.75) is 21.4 Å². The molecule has 2 fully saturated rings. The Labute approximate surface area is 132 Å². The van der Waals surface area contributed by atoms with Crippen molar-refractivity contribution in [3.05, 3.63) is 30.3 Å². The SMILES string of the molecule is O=C(O)[C@@H]1CC2(CN1S(=O)(=O)c1ccccc1)SCCS2. The van der Waals surface area contributed by atoms with Gasteiger partial charge >= 0.3 is 5.97 Å². The summed E-state index contributed by atoms with van der Waals surface area (Å²) in [7, 11) is -3.77. The number of carboxylic acid groups (broad SMARTS) is 1. The summed E-state index contributed by atoms with van der Waals surface area (Å²) < 4.78 is 26.3. The first-order chi connectivity index (χ1) is 9.95. The number of hydrogen-bond donors (Lipinski definition) is 1. The number of thioether (sulfide) groups is 2. The van der Waals surface area contributed by atoms with Crippen LogP contribution in [-0.4, -0.2) is 52.0 Å². The Kier molecular flexibility index (Phi) is 3.98. The molecule has 1 atom stereocenters. The lowest BCUT2D eigenvalue weighted by atomic mass is 10.2. The second kappa shape index (κ2) is 5.49. The van der Waals surface area contributed by atoms with Gasteiger partial charge in [-0.15, -0.1) is 23.5 Å². The van der Waals surface area contributed by atoms with Gasteiger partial charge in [0.05, 0.1) is 8.97 Å². The molecule has 5 nitrogen and oxygen atoms in total. The number of nitrogens with zero attached hydrogens (tertiary/aromatic N) is 1. The summed E-state index contributed by atoms with van der Waals surface area (Å²) in [4.78, 5) is 11.7. The zero-order valence-electron chi connectivity index (χ0n) is 11.1. The lowest BCUT2D eigenvalue weighted by Crippen LogP contribution is -2.40. The number of rotatable bonds is 3. The Morgan fingerprint density at radius 2 is 1.86 bits per heavy atom. The predicted molar refractivity (Wildman–Crippen MR) is 84.0 cm³/mol. The van der Waals surface area contributed by atoms with E-state index in [1.54, 1.807) is 41.7 Å². The van der Waals surface area contributed by atoms with Crippen molar-refractivity contribution in [2.75, 3.05) is 18.1 Å². The molecule has 1 spiro atoms. The summed E-state index contributed by atoms with van der Waals surface area (Å²) in [6, 6.07) is 7.07. The molecule has 2 saturated heterocycles. The van der Waals surface area contributed by atoms with Crippen molar-refractivity contribution >= 4 is 39.5 Å². The average molecular weight is 345 g/mol. The zero-order chi connectivity index (χ0) is 15.1. The van der Waals surface area contributed by atoms with Gasteiger partial charge in [-0.05, 0) is 18.6 Å². The molecule has 0 aliphatic carbocycles. The van der Waals surface area contributed by atoms with Crippen LogP contribution in [0.1, 0.15) is 6.42 Å². The summed E-state index contributed by atoms with van der Waals surface area (Å²) in [5.74, 6) is 0.811. The van der Waals surface area contributed by atoms with Crippen LogP contribution >= 0.6 is 23.5 Å². The minimum Gasteiger partial charge on any atom is -0.480 e. The van der Waals surface area contributed by atoms with Crippen LogP contribution in [-0.2, 0) is 14.8 Å². The van der Waals surface area contributed by atoms with Gasteiger partial charge in [-0.3, -0.25) is 4.79 Å². The number of aliphatic carboxylic acids is 1. The molecule has 2 aliphatic heterocycles. The quantitative estimate of drug-likeness (QED) is 0.899. The molecule has 0 amide bonds. The van der Waals surface area contributed by atoms with E-state index >= 15 is 0 Å². The van der Waals surface area contributed by atoms with Gasteiger partial charge in [0, 0.05) is 18.1 Å². The van der Waals surface area contributed by atoms with E-state index in [1.807, 2.05) is 0 Å². The fourth-order valence-electron chi connectivity index (χ4n) is 2.71. The van der Waals surface area contributed by atoms with Crippen LogP contribution in [0.4, 0.5) is 0 Å². The summed E-state index contributed by atoms with van der Waals surface area (Å²) in [6.45, 7) is 0.260. The first-order valence-electron chi connectivity index (χ1n) is 6.52. The third-order valence-corrected chi connectivity index (χ3v) is 8.99. The normalized spacial score (nSPS) is 25.4. The van der Waals surface area contributed by atoms with Crippen LogP contribution in [0, 0.1) is 0 Å². The molecule has 8 heteroatoms. The molecular formula is C13H15NO4S3. The van der Waals surface area contributed by atoms with E-state index in [4.69, 9.17) is 0 Å². The maximum Gasteiger partial charge on any atom is 0.322 e. The summed E-state index contributed by atoms with van der Waals surface area (Å²) >= 11 is 3.36. The van der Waals surface area contributed by atoms with Crippen molar-refractivity contribution in [1.29, 1.82) is 0 Å².